The molecule has 29 heavy (non-hydrogen) atoms. The number of amides is 2. The van der Waals surface area contributed by atoms with Gasteiger partial charge >= 0.3 is 12.0 Å². The van der Waals surface area contributed by atoms with Gasteiger partial charge in [0.15, 0.2) is 0 Å². The van der Waals surface area contributed by atoms with Gasteiger partial charge in [-0.3, -0.25) is 0 Å². The zero-order valence-electron chi connectivity index (χ0n) is 16.8. The lowest BCUT2D eigenvalue weighted by Crippen LogP contribution is -2.51. The minimum atomic E-state index is -0.683. The minimum Gasteiger partial charge on any atom is -0.497 e. The topological polar surface area (TPSA) is 96.6 Å². The van der Waals surface area contributed by atoms with Gasteiger partial charge < -0.3 is 24.7 Å². The summed E-state index contributed by atoms with van der Waals surface area (Å²) in [5, 5.41) is 2.85. The maximum absolute atomic E-state index is 13.2. The molecule has 0 saturated carbocycles. The number of nitrogens with zero attached hydrogens (tertiary/aromatic N) is 2. The number of hydrogen-bond acceptors (Lipinski definition) is 6. The number of fused-ring (bicyclic) bond motifs is 1. The number of imidazole rings is 1. The number of nitrogens with one attached hydrogen (secondary N) is 2. The third-order valence-electron chi connectivity index (χ3n) is 5.01. The summed E-state index contributed by atoms with van der Waals surface area (Å²) in [4.78, 5) is 34.6. The Morgan fingerprint density at radius 3 is 2.76 bits per heavy atom. The van der Waals surface area contributed by atoms with E-state index in [9.17, 15) is 9.59 Å². The number of benzene rings is 1. The monoisotopic (exact) mass is 418 g/mol. The number of methoxy groups -OCH3 is 2. The van der Waals surface area contributed by atoms with Gasteiger partial charge in [0.1, 0.15) is 17.8 Å². The van der Waals surface area contributed by atoms with E-state index in [1.54, 1.807) is 30.1 Å². The van der Waals surface area contributed by atoms with Crippen LogP contribution in [0.25, 0.3) is 0 Å². The quantitative estimate of drug-likeness (QED) is 0.670. The van der Waals surface area contributed by atoms with E-state index in [0.29, 0.717) is 19.4 Å². The third-order valence-corrected chi connectivity index (χ3v) is 5.66. The van der Waals surface area contributed by atoms with E-state index in [4.69, 9.17) is 9.47 Å². The van der Waals surface area contributed by atoms with Gasteiger partial charge in [0.05, 0.1) is 26.2 Å². The molecular weight excluding hydrogens is 392 g/mol. The summed E-state index contributed by atoms with van der Waals surface area (Å²) in [5.41, 5.74) is 2.75. The summed E-state index contributed by atoms with van der Waals surface area (Å²) in [6, 6.07) is 6.24. The number of rotatable bonds is 7. The van der Waals surface area contributed by atoms with Gasteiger partial charge in [-0.2, -0.15) is 11.8 Å². The van der Waals surface area contributed by atoms with Crippen molar-refractivity contribution in [1.82, 2.24) is 20.2 Å². The zero-order valence-corrected chi connectivity index (χ0v) is 17.6. The van der Waals surface area contributed by atoms with Crippen LogP contribution in [-0.2, 0) is 16.0 Å². The highest BCUT2D eigenvalue weighted by Crippen LogP contribution is 2.34. The number of esters is 1. The minimum absolute atomic E-state index is 0.309. The Kier molecular flexibility index (Phi) is 7.03. The first-order valence-corrected chi connectivity index (χ1v) is 10.8. The van der Waals surface area contributed by atoms with Crippen molar-refractivity contribution in [3.63, 3.8) is 0 Å². The van der Waals surface area contributed by atoms with Crippen molar-refractivity contribution in [2.45, 2.75) is 24.9 Å². The van der Waals surface area contributed by atoms with Crippen LogP contribution >= 0.6 is 11.8 Å². The van der Waals surface area contributed by atoms with Crippen molar-refractivity contribution in [3.05, 3.63) is 47.5 Å². The van der Waals surface area contributed by atoms with Crippen LogP contribution in [0, 0.1) is 0 Å². The van der Waals surface area contributed by atoms with Crippen molar-refractivity contribution < 1.29 is 19.1 Å². The number of hydrogen-bond donors (Lipinski definition) is 2. The fourth-order valence-electron chi connectivity index (χ4n) is 3.48. The lowest BCUT2D eigenvalue weighted by atomic mass is 9.96. The van der Waals surface area contributed by atoms with Crippen molar-refractivity contribution in [2.24, 2.45) is 0 Å². The number of urea groups is 1. The Morgan fingerprint density at radius 2 is 2.10 bits per heavy atom. The van der Waals surface area contributed by atoms with E-state index in [-0.39, 0.29) is 12.1 Å². The van der Waals surface area contributed by atoms with Crippen LogP contribution in [0.3, 0.4) is 0 Å². The third kappa shape index (κ3) is 4.67. The number of ether oxygens (including phenoxy) is 2. The van der Waals surface area contributed by atoms with E-state index >= 15 is 0 Å². The van der Waals surface area contributed by atoms with Crippen LogP contribution < -0.4 is 10.1 Å². The second-order valence-electron chi connectivity index (χ2n) is 6.69. The van der Waals surface area contributed by atoms with Crippen molar-refractivity contribution in [1.29, 1.82) is 0 Å². The molecule has 0 fully saturated rings. The number of aromatic amines is 1. The molecule has 8 nitrogen and oxygen atoms in total. The van der Waals surface area contributed by atoms with Crippen LogP contribution in [0.4, 0.5) is 4.79 Å². The zero-order chi connectivity index (χ0) is 20.8. The molecule has 9 heteroatoms. The van der Waals surface area contributed by atoms with Crippen molar-refractivity contribution in [2.75, 3.05) is 32.8 Å². The molecule has 156 valence electrons. The molecule has 2 aromatic rings. The first kappa shape index (κ1) is 21.0. The molecule has 0 spiro atoms. The molecule has 0 unspecified atom stereocenters. The average Bonchev–Trinajstić information content (AvgIpc) is 3.24. The van der Waals surface area contributed by atoms with Crippen LogP contribution in [0.15, 0.2) is 30.6 Å². The van der Waals surface area contributed by atoms with Gasteiger partial charge in [0.25, 0.3) is 0 Å². The van der Waals surface area contributed by atoms with Crippen LogP contribution in [0.2, 0.25) is 0 Å². The van der Waals surface area contributed by atoms with Crippen LogP contribution in [-0.4, -0.2) is 65.7 Å². The van der Waals surface area contributed by atoms with Gasteiger partial charge in [-0.25, -0.2) is 14.6 Å². The average molecular weight is 419 g/mol. The Bertz CT molecular complexity index is 839. The van der Waals surface area contributed by atoms with E-state index in [2.05, 4.69) is 15.3 Å². The van der Waals surface area contributed by atoms with Gasteiger partial charge in [-0.1, -0.05) is 12.1 Å². The fraction of sp³-hybridized carbons (Fsp3) is 0.450. The number of H-pyrrole nitrogens is 1. The SMILES string of the molecule is COC(=O)[C@H](CCSC)NC(=O)N1CCc2[nH]cnc2[C@@H]1c1ccc(OC)cc1. The molecule has 2 atom stereocenters. The van der Waals surface area contributed by atoms with Gasteiger partial charge in [0.2, 0.25) is 0 Å². The summed E-state index contributed by atoms with van der Waals surface area (Å²) in [5.74, 6) is 1.04. The number of carbonyl (C=O) groups is 2. The van der Waals surface area contributed by atoms with Crippen LogP contribution in [0.1, 0.15) is 29.4 Å². The maximum atomic E-state index is 13.2. The Hall–Kier alpha value is -2.68. The van der Waals surface area contributed by atoms with E-state index in [1.807, 2.05) is 30.5 Å². The second-order valence-corrected chi connectivity index (χ2v) is 7.68. The standard InChI is InChI=1S/C20H26N4O4S/c1-27-14-6-4-13(5-7-14)18-17-15(21-12-22-17)8-10-24(18)20(26)23-16(9-11-29-3)19(25)28-2/h4-7,12,16,18H,8-11H2,1-3H3,(H,21,22)(H,23,26)/t16-,18-/m0/s1. The number of thioether (sulfide) groups is 1. The van der Waals surface area contributed by atoms with E-state index in [0.717, 1.165) is 28.5 Å². The molecule has 2 N–H and O–H groups in total. The second kappa shape index (κ2) is 9.69. The van der Waals surface area contributed by atoms with Gasteiger partial charge in [-0.15, -0.1) is 0 Å². The molecule has 0 saturated heterocycles. The fourth-order valence-corrected chi connectivity index (χ4v) is 3.95. The van der Waals surface area contributed by atoms with Crippen molar-refractivity contribution >= 4 is 23.8 Å². The summed E-state index contributed by atoms with van der Waals surface area (Å²) in [7, 11) is 2.94. The molecule has 2 amide bonds. The number of aromatic nitrogens is 2. The highest BCUT2D eigenvalue weighted by molar-refractivity contribution is 7.98. The number of carbonyl (C=O) groups excluding carboxylic acids is 2. The molecule has 0 aliphatic carbocycles. The largest absolute Gasteiger partial charge is 0.497 e. The van der Waals surface area contributed by atoms with Gasteiger partial charge in [0, 0.05) is 18.7 Å². The van der Waals surface area contributed by atoms with Gasteiger partial charge in [-0.05, 0) is 36.1 Å². The predicted octanol–water partition coefficient (Wildman–Crippen LogP) is 2.37. The molecule has 1 aromatic heterocycles. The lowest BCUT2D eigenvalue weighted by molar-refractivity contribution is -0.142. The van der Waals surface area contributed by atoms with E-state index < -0.39 is 12.0 Å². The Labute approximate surface area is 174 Å². The highest BCUT2D eigenvalue weighted by atomic mass is 32.2. The molecule has 0 bridgehead atoms. The summed E-state index contributed by atoms with van der Waals surface area (Å²) >= 11 is 1.61. The Morgan fingerprint density at radius 1 is 1.34 bits per heavy atom. The normalized spacial score (nSPS) is 16.7. The maximum Gasteiger partial charge on any atom is 0.328 e. The molecule has 1 aliphatic heterocycles. The molecule has 0 radical (unpaired) electrons. The lowest BCUT2D eigenvalue weighted by Gasteiger charge is -2.36. The molecule has 1 aromatic carbocycles. The summed E-state index contributed by atoms with van der Waals surface area (Å²) < 4.78 is 10.1. The molecule has 1 aliphatic rings. The first-order chi connectivity index (χ1) is 14.1. The Balaban J connectivity index is 1.87. The smallest absolute Gasteiger partial charge is 0.328 e. The predicted molar refractivity (Wildman–Crippen MR) is 111 cm³/mol. The first-order valence-electron chi connectivity index (χ1n) is 9.39. The molecular formula is C20H26N4O4S. The summed E-state index contributed by atoms with van der Waals surface area (Å²) in [6.07, 6.45) is 4.79. The van der Waals surface area contributed by atoms with E-state index in [1.165, 1.54) is 7.11 Å². The summed E-state index contributed by atoms with van der Waals surface area (Å²) in [6.45, 7) is 0.508. The van der Waals surface area contributed by atoms with Crippen molar-refractivity contribution in [3.8, 4) is 5.75 Å². The van der Waals surface area contributed by atoms with Crippen LogP contribution in [0.5, 0.6) is 5.75 Å². The molecule has 2 heterocycles. The highest BCUT2D eigenvalue weighted by Gasteiger charge is 2.35. The molecule has 3 rings (SSSR count).